The van der Waals surface area contributed by atoms with Crippen LogP contribution in [0.5, 0.6) is 0 Å². The maximum Gasteiger partial charge on any atom is 0.267 e. The van der Waals surface area contributed by atoms with Crippen LogP contribution in [0, 0.1) is 0 Å². The van der Waals surface area contributed by atoms with Gasteiger partial charge in [-0.3, -0.25) is 9.59 Å². The minimum atomic E-state index is -0.230. The fraction of sp³-hybridized carbons (Fsp3) is 0.727. The molecule has 0 spiro atoms. The second-order valence-corrected chi connectivity index (χ2v) is 3.81. The number of carbonyl (C=O) groups is 2. The van der Waals surface area contributed by atoms with Crippen molar-refractivity contribution in [3.63, 3.8) is 0 Å². The van der Waals surface area contributed by atoms with Crippen LogP contribution in [0.1, 0.15) is 19.3 Å². The highest BCUT2D eigenvalue weighted by molar-refractivity contribution is 6.39. The quantitative estimate of drug-likeness (QED) is 0.569. The number of hydrogen-bond acceptors (Lipinski definition) is 5. The van der Waals surface area contributed by atoms with Crippen molar-refractivity contribution in [2.75, 3.05) is 33.5 Å². The second kappa shape index (κ2) is 8.60. The number of amides is 2. The predicted octanol–water partition coefficient (Wildman–Crippen LogP) is -0.578. The molecule has 7 heteroatoms. The molecule has 0 saturated heterocycles. The highest BCUT2D eigenvalue weighted by atomic mass is 16.5. The molecule has 0 aromatic rings. The van der Waals surface area contributed by atoms with Crippen LogP contribution in [-0.2, 0) is 19.1 Å². The van der Waals surface area contributed by atoms with Gasteiger partial charge >= 0.3 is 0 Å². The fourth-order valence-electron chi connectivity index (χ4n) is 1.36. The van der Waals surface area contributed by atoms with Gasteiger partial charge in [0.2, 0.25) is 5.91 Å². The van der Waals surface area contributed by atoms with Gasteiger partial charge in [-0.1, -0.05) is 0 Å². The molecule has 0 unspecified atom stereocenters. The lowest BCUT2D eigenvalue weighted by Crippen LogP contribution is -2.37. The average Bonchev–Trinajstić information content (AvgIpc) is 2.38. The van der Waals surface area contributed by atoms with Crippen LogP contribution < -0.4 is 10.7 Å². The first-order chi connectivity index (χ1) is 8.74. The Kier molecular flexibility index (Phi) is 6.97. The Labute approximate surface area is 106 Å². The molecule has 1 aliphatic heterocycles. The highest BCUT2D eigenvalue weighted by Crippen LogP contribution is 1.99. The molecule has 0 aromatic heterocycles. The number of nitrogens with one attached hydrogen (secondary N) is 2. The van der Waals surface area contributed by atoms with Crippen molar-refractivity contribution >= 4 is 17.5 Å². The van der Waals surface area contributed by atoms with E-state index in [1.165, 1.54) is 0 Å². The van der Waals surface area contributed by atoms with Crippen LogP contribution in [-0.4, -0.2) is 51.0 Å². The van der Waals surface area contributed by atoms with E-state index in [4.69, 9.17) is 9.47 Å². The summed E-state index contributed by atoms with van der Waals surface area (Å²) in [7, 11) is 1.62. The van der Waals surface area contributed by atoms with E-state index in [1.807, 2.05) is 0 Å². The molecule has 0 aliphatic carbocycles. The molecule has 0 aromatic carbocycles. The summed E-state index contributed by atoms with van der Waals surface area (Å²) >= 11 is 0. The second-order valence-electron chi connectivity index (χ2n) is 3.81. The monoisotopic (exact) mass is 257 g/mol. The molecular weight excluding hydrogens is 238 g/mol. The van der Waals surface area contributed by atoms with Gasteiger partial charge in [-0.05, 0) is 6.42 Å². The minimum Gasteiger partial charge on any atom is -0.382 e. The third-order valence-corrected chi connectivity index (χ3v) is 2.35. The molecule has 2 N–H and O–H groups in total. The standard InChI is InChI=1S/C11H19N3O4/c1-17-7-8-18-6-2-5-12-11(16)9-3-4-10(15)14-13-9/h2-8H2,1H3,(H,12,16)(H,14,15). The molecule has 0 bridgehead atoms. The maximum atomic E-state index is 11.6. The highest BCUT2D eigenvalue weighted by Gasteiger charge is 2.17. The minimum absolute atomic E-state index is 0.155. The molecule has 2 amide bonds. The van der Waals surface area contributed by atoms with Crippen molar-refractivity contribution in [2.24, 2.45) is 5.10 Å². The van der Waals surface area contributed by atoms with E-state index < -0.39 is 0 Å². The lowest BCUT2D eigenvalue weighted by atomic mass is 10.1. The van der Waals surface area contributed by atoms with Crippen molar-refractivity contribution in [2.45, 2.75) is 19.3 Å². The lowest BCUT2D eigenvalue weighted by molar-refractivity contribution is -0.121. The maximum absolute atomic E-state index is 11.6. The first-order valence-electron chi connectivity index (χ1n) is 5.94. The first-order valence-corrected chi connectivity index (χ1v) is 5.94. The molecule has 1 heterocycles. The van der Waals surface area contributed by atoms with Crippen molar-refractivity contribution in [1.82, 2.24) is 10.7 Å². The third kappa shape index (κ3) is 5.74. The lowest BCUT2D eigenvalue weighted by Gasteiger charge is -2.11. The van der Waals surface area contributed by atoms with E-state index in [0.29, 0.717) is 44.9 Å². The Hall–Kier alpha value is -1.47. The molecule has 0 radical (unpaired) electrons. The van der Waals surface area contributed by atoms with Crippen LogP contribution in [0.3, 0.4) is 0 Å². The fourth-order valence-corrected chi connectivity index (χ4v) is 1.36. The third-order valence-electron chi connectivity index (χ3n) is 2.35. The van der Waals surface area contributed by atoms with Crippen molar-refractivity contribution < 1.29 is 19.1 Å². The van der Waals surface area contributed by atoms with E-state index in [2.05, 4.69) is 15.8 Å². The molecule has 1 rings (SSSR count). The van der Waals surface area contributed by atoms with Gasteiger partial charge in [0.1, 0.15) is 5.71 Å². The molecular formula is C11H19N3O4. The molecule has 7 nitrogen and oxygen atoms in total. The normalized spacial score (nSPS) is 14.9. The zero-order chi connectivity index (χ0) is 13.2. The molecule has 0 saturated carbocycles. The van der Waals surface area contributed by atoms with Crippen molar-refractivity contribution in [3.8, 4) is 0 Å². The van der Waals surface area contributed by atoms with Crippen LogP contribution in [0.4, 0.5) is 0 Å². The Morgan fingerprint density at radius 2 is 2.22 bits per heavy atom. The zero-order valence-corrected chi connectivity index (χ0v) is 10.5. The van der Waals surface area contributed by atoms with Gasteiger partial charge in [-0.25, -0.2) is 5.43 Å². The van der Waals surface area contributed by atoms with Gasteiger partial charge in [0.25, 0.3) is 5.91 Å². The zero-order valence-electron chi connectivity index (χ0n) is 10.5. The molecule has 0 atom stereocenters. The largest absolute Gasteiger partial charge is 0.382 e. The summed E-state index contributed by atoms with van der Waals surface area (Å²) in [6.45, 7) is 2.23. The van der Waals surface area contributed by atoms with Crippen molar-refractivity contribution in [1.29, 1.82) is 0 Å². The Morgan fingerprint density at radius 3 is 2.89 bits per heavy atom. The van der Waals surface area contributed by atoms with Gasteiger partial charge < -0.3 is 14.8 Å². The first kappa shape index (κ1) is 14.6. The van der Waals surface area contributed by atoms with Gasteiger partial charge in [0.15, 0.2) is 0 Å². The van der Waals surface area contributed by atoms with Gasteiger partial charge in [-0.15, -0.1) is 0 Å². The number of hydrazone groups is 1. The number of hydrogen-bond donors (Lipinski definition) is 2. The SMILES string of the molecule is COCCOCCCNC(=O)C1=NNC(=O)CC1. The van der Waals surface area contributed by atoms with Crippen LogP contribution >= 0.6 is 0 Å². The topological polar surface area (TPSA) is 89.0 Å². The molecule has 0 fully saturated rings. The van der Waals surface area contributed by atoms with Gasteiger partial charge in [0.05, 0.1) is 13.2 Å². The van der Waals surface area contributed by atoms with Crippen LogP contribution in [0.15, 0.2) is 5.10 Å². The number of rotatable bonds is 8. The summed E-state index contributed by atoms with van der Waals surface area (Å²) in [5.41, 5.74) is 2.66. The summed E-state index contributed by atoms with van der Waals surface area (Å²) in [5.74, 6) is -0.384. The summed E-state index contributed by atoms with van der Waals surface area (Å²) in [4.78, 5) is 22.4. The number of ether oxygens (including phenoxy) is 2. The summed E-state index contributed by atoms with van der Waals surface area (Å²) < 4.78 is 10.1. The van der Waals surface area contributed by atoms with Gasteiger partial charge in [0, 0.05) is 33.1 Å². The van der Waals surface area contributed by atoms with Crippen molar-refractivity contribution in [3.05, 3.63) is 0 Å². The number of nitrogens with zero attached hydrogens (tertiary/aromatic N) is 1. The summed E-state index contributed by atoms with van der Waals surface area (Å²) in [5, 5.41) is 6.43. The average molecular weight is 257 g/mol. The van der Waals surface area contributed by atoms with Crippen LogP contribution in [0.2, 0.25) is 0 Å². The number of carbonyl (C=O) groups excluding carboxylic acids is 2. The summed E-state index contributed by atoms with van der Waals surface area (Å²) in [6, 6.07) is 0. The molecule has 1 aliphatic rings. The van der Waals surface area contributed by atoms with E-state index in [0.717, 1.165) is 6.42 Å². The van der Waals surface area contributed by atoms with E-state index in [-0.39, 0.29) is 11.8 Å². The summed E-state index contributed by atoms with van der Waals surface area (Å²) in [6.07, 6.45) is 1.43. The Bertz CT molecular complexity index is 317. The van der Waals surface area contributed by atoms with Crippen LogP contribution in [0.25, 0.3) is 0 Å². The van der Waals surface area contributed by atoms with Gasteiger partial charge in [-0.2, -0.15) is 5.10 Å². The Balaban J connectivity index is 2.05. The number of methoxy groups -OCH3 is 1. The predicted molar refractivity (Wildman–Crippen MR) is 65.1 cm³/mol. The van der Waals surface area contributed by atoms with E-state index >= 15 is 0 Å². The smallest absolute Gasteiger partial charge is 0.267 e. The Morgan fingerprint density at radius 1 is 1.39 bits per heavy atom. The van der Waals surface area contributed by atoms with E-state index in [1.54, 1.807) is 7.11 Å². The van der Waals surface area contributed by atoms with E-state index in [9.17, 15) is 9.59 Å². The molecule has 18 heavy (non-hydrogen) atoms. The molecule has 102 valence electrons.